The highest BCUT2D eigenvalue weighted by atomic mass is 35.5. The summed E-state index contributed by atoms with van der Waals surface area (Å²) < 4.78 is 46.0. The van der Waals surface area contributed by atoms with Gasteiger partial charge in [0.1, 0.15) is 11.5 Å². The zero-order valence-electron chi connectivity index (χ0n) is 14.9. The summed E-state index contributed by atoms with van der Waals surface area (Å²) in [4.78, 5) is 0. The van der Waals surface area contributed by atoms with Gasteiger partial charge in [0.15, 0.2) is 0 Å². The molecular formula is C23H18ClF3O. The van der Waals surface area contributed by atoms with Gasteiger partial charge in [0.2, 0.25) is 0 Å². The van der Waals surface area contributed by atoms with Crippen LogP contribution in [0.15, 0.2) is 84.9 Å². The molecule has 0 saturated heterocycles. The van der Waals surface area contributed by atoms with Crippen LogP contribution in [0.3, 0.4) is 0 Å². The van der Waals surface area contributed by atoms with E-state index < -0.39 is 11.7 Å². The standard InChI is InChI=1S/C23H18ClF3O/c24-19-14-12-18(13-15-19)22(23(25,26)27)11-5-7-17-6-4-10-21(16-17)28-20-8-2-1-3-9-20/h1-4,6,8-16H,5,7H2/b22-11+. The van der Waals surface area contributed by atoms with E-state index in [-0.39, 0.29) is 12.0 Å². The molecule has 0 unspecified atom stereocenters. The fourth-order valence-corrected chi connectivity index (χ4v) is 2.92. The molecule has 144 valence electrons. The first-order chi connectivity index (χ1) is 13.4. The number of alkyl halides is 3. The molecule has 0 aliphatic carbocycles. The van der Waals surface area contributed by atoms with Crippen LogP contribution >= 0.6 is 11.6 Å². The summed E-state index contributed by atoms with van der Waals surface area (Å²) in [6.45, 7) is 0. The third kappa shape index (κ3) is 5.64. The van der Waals surface area contributed by atoms with E-state index in [2.05, 4.69) is 0 Å². The van der Waals surface area contributed by atoms with E-state index in [4.69, 9.17) is 16.3 Å². The molecule has 0 radical (unpaired) electrons. The van der Waals surface area contributed by atoms with Crippen molar-refractivity contribution in [3.63, 3.8) is 0 Å². The Bertz CT molecular complexity index is 932. The highest BCUT2D eigenvalue weighted by Crippen LogP contribution is 2.35. The maximum absolute atomic E-state index is 13.4. The van der Waals surface area contributed by atoms with Gasteiger partial charge < -0.3 is 4.74 Å². The Balaban J connectivity index is 1.71. The van der Waals surface area contributed by atoms with Crippen LogP contribution in [0, 0.1) is 0 Å². The average Bonchev–Trinajstić information content (AvgIpc) is 2.66. The Labute approximate surface area is 167 Å². The number of ether oxygens (including phenoxy) is 1. The van der Waals surface area contributed by atoms with Gasteiger partial charge in [0.05, 0.1) is 5.57 Å². The fourth-order valence-electron chi connectivity index (χ4n) is 2.80. The van der Waals surface area contributed by atoms with Crippen LogP contribution in [0.5, 0.6) is 11.5 Å². The van der Waals surface area contributed by atoms with E-state index in [1.165, 1.54) is 30.3 Å². The first-order valence-electron chi connectivity index (χ1n) is 8.77. The van der Waals surface area contributed by atoms with E-state index in [1.54, 1.807) is 0 Å². The van der Waals surface area contributed by atoms with Crippen LogP contribution in [0.25, 0.3) is 5.57 Å². The van der Waals surface area contributed by atoms with Crippen molar-refractivity contribution >= 4 is 17.2 Å². The molecule has 3 aromatic carbocycles. The van der Waals surface area contributed by atoms with Crippen LogP contribution in [0.1, 0.15) is 17.5 Å². The number of allylic oxidation sites excluding steroid dienone is 2. The topological polar surface area (TPSA) is 9.23 Å². The lowest BCUT2D eigenvalue weighted by Crippen LogP contribution is -2.10. The Morgan fingerprint density at radius 3 is 2.21 bits per heavy atom. The molecule has 1 nitrogen and oxygen atoms in total. The van der Waals surface area contributed by atoms with Gasteiger partial charge in [0.25, 0.3) is 0 Å². The molecule has 0 aliphatic rings. The molecule has 0 N–H and O–H groups in total. The van der Waals surface area contributed by atoms with E-state index in [1.807, 2.05) is 54.6 Å². The van der Waals surface area contributed by atoms with Gasteiger partial charge in [-0.15, -0.1) is 0 Å². The van der Waals surface area contributed by atoms with Crippen LogP contribution in [-0.4, -0.2) is 6.18 Å². The predicted octanol–water partition coefficient (Wildman–Crippen LogP) is 7.71. The molecule has 0 saturated carbocycles. The van der Waals surface area contributed by atoms with E-state index >= 15 is 0 Å². The molecule has 0 amide bonds. The maximum atomic E-state index is 13.4. The second kappa shape index (κ2) is 8.98. The molecule has 28 heavy (non-hydrogen) atoms. The van der Waals surface area contributed by atoms with Crippen LogP contribution in [0.4, 0.5) is 13.2 Å². The van der Waals surface area contributed by atoms with Crippen molar-refractivity contribution in [2.75, 3.05) is 0 Å². The largest absolute Gasteiger partial charge is 0.457 e. The summed E-state index contributed by atoms with van der Waals surface area (Å²) in [7, 11) is 0. The molecule has 0 heterocycles. The van der Waals surface area contributed by atoms with Gasteiger partial charge in [-0.3, -0.25) is 0 Å². The average molecular weight is 403 g/mol. The predicted molar refractivity (Wildman–Crippen MR) is 107 cm³/mol. The van der Waals surface area contributed by atoms with Crippen molar-refractivity contribution in [3.8, 4) is 11.5 Å². The second-order valence-electron chi connectivity index (χ2n) is 6.22. The minimum Gasteiger partial charge on any atom is -0.457 e. The number of hydrogen-bond donors (Lipinski definition) is 0. The second-order valence-corrected chi connectivity index (χ2v) is 6.66. The molecule has 3 rings (SSSR count). The molecule has 0 spiro atoms. The number of hydrogen-bond acceptors (Lipinski definition) is 1. The highest BCUT2D eigenvalue weighted by molar-refractivity contribution is 6.30. The lowest BCUT2D eigenvalue weighted by Gasteiger charge is -2.12. The first kappa shape index (κ1) is 20.0. The number of benzene rings is 3. The summed E-state index contributed by atoms with van der Waals surface area (Å²) in [5.74, 6) is 1.36. The summed E-state index contributed by atoms with van der Waals surface area (Å²) in [6.07, 6.45) is -2.47. The van der Waals surface area contributed by atoms with Gasteiger partial charge in [-0.25, -0.2) is 0 Å². The highest BCUT2D eigenvalue weighted by Gasteiger charge is 2.34. The Hall–Kier alpha value is -2.72. The van der Waals surface area contributed by atoms with E-state index in [9.17, 15) is 13.2 Å². The van der Waals surface area contributed by atoms with E-state index in [0.29, 0.717) is 22.9 Å². The van der Waals surface area contributed by atoms with Crippen molar-refractivity contribution < 1.29 is 17.9 Å². The third-order valence-corrected chi connectivity index (χ3v) is 4.37. The van der Waals surface area contributed by atoms with Crippen LogP contribution in [-0.2, 0) is 6.42 Å². The summed E-state index contributed by atoms with van der Waals surface area (Å²) in [5.41, 5.74) is 0.362. The zero-order chi connectivity index (χ0) is 20.0. The smallest absolute Gasteiger partial charge is 0.416 e. The normalized spacial score (nSPS) is 12.1. The molecule has 0 atom stereocenters. The Morgan fingerprint density at radius 2 is 1.54 bits per heavy atom. The van der Waals surface area contributed by atoms with Crippen molar-refractivity contribution in [3.05, 3.63) is 101 Å². The molecule has 3 aromatic rings. The molecule has 0 fully saturated rings. The molecule has 0 aromatic heterocycles. The van der Waals surface area contributed by atoms with Crippen molar-refractivity contribution in [2.24, 2.45) is 0 Å². The van der Waals surface area contributed by atoms with E-state index in [0.717, 1.165) is 5.56 Å². The van der Waals surface area contributed by atoms with Gasteiger partial charge in [-0.05, 0) is 60.4 Å². The molecule has 0 aliphatic heterocycles. The SMILES string of the molecule is FC(F)(F)/C(=C/CCc1cccc(Oc2ccccc2)c1)c1ccc(Cl)cc1. The third-order valence-electron chi connectivity index (χ3n) is 4.12. The summed E-state index contributed by atoms with van der Waals surface area (Å²) in [5, 5.41) is 0.403. The number of halogens is 4. The monoisotopic (exact) mass is 402 g/mol. The molecule has 5 heteroatoms. The quantitative estimate of drug-likeness (QED) is 0.410. The number of rotatable bonds is 6. The minimum atomic E-state index is -4.42. The van der Waals surface area contributed by atoms with Crippen LogP contribution in [0.2, 0.25) is 5.02 Å². The lowest BCUT2D eigenvalue weighted by molar-refractivity contribution is -0.0690. The minimum absolute atomic E-state index is 0.109. The summed E-state index contributed by atoms with van der Waals surface area (Å²) >= 11 is 5.78. The van der Waals surface area contributed by atoms with Gasteiger partial charge >= 0.3 is 6.18 Å². The summed E-state index contributed by atoms with van der Waals surface area (Å²) in [6, 6.07) is 22.4. The van der Waals surface area contributed by atoms with Crippen molar-refractivity contribution in [1.82, 2.24) is 0 Å². The first-order valence-corrected chi connectivity index (χ1v) is 9.15. The maximum Gasteiger partial charge on any atom is 0.416 e. The van der Waals surface area contributed by atoms with Gasteiger partial charge in [-0.2, -0.15) is 13.2 Å². The molecular weight excluding hydrogens is 385 g/mol. The van der Waals surface area contributed by atoms with Gasteiger partial charge in [0, 0.05) is 5.02 Å². The van der Waals surface area contributed by atoms with Gasteiger partial charge in [-0.1, -0.05) is 60.1 Å². The fraction of sp³-hybridized carbons (Fsp3) is 0.130. The van der Waals surface area contributed by atoms with Crippen molar-refractivity contribution in [2.45, 2.75) is 19.0 Å². The molecule has 0 bridgehead atoms. The van der Waals surface area contributed by atoms with Crippen LogP contribution < -0.4 is 4.74 Å². The zero-order valence-corrected chi connectivity index (χ0v) is 15.7. The Kier molecular flexibility index (Phi) is 6.42. The lowest BCUT2D eigenvalue weighted by atomic mass is 10.0. The van der Waals surface area contributed by atoms with Crippen molar-refractivity contribution in [1.29, 1.82) is 0 Å². The Morgan fingerprint density at radius 1 is 0.857 bits per heavy atom. The number of para-hydroxylation sites is 1. The number of aryl methyl sites for hydroxylation is 1.